The minimum atomic E-state index is -0.269. The standard InChI is InChI=1S/C14H16N2O3/c1-3-19-13(18)8-9-16-12-7-5-4-6-11(12)15-14(16)10(2)17/h4-7H,3,8-9H2,1-2H3. The van der Waals surface area contributed by atoms with Crippen LogP contribution in [0.2, 0.25) is 0 Å². The van der Waals surface area contributed by atoms with Crippen molar-refractivity contribution in [3.63, 3.8) is 0 Å². The third kappa shape index (κ3) is 2.81. The molecule has 0 saturated heterocycles. The molecule has 0 aliphatic heterocycles. The van der Waals surface area contributed by atoms with E-state index in [1.54, 1.807) is 11.5 Å². The summed E-state index contributed by atoms with van der Waals surface area (Å²) < 4.78 is 6.67. The number of hydrogen-bond donors (Lipinski definition) is 0. The first-order valence-electron chi connectivity index (χ1n) is 6.25. The molecule has 0 fully saturated rings. The topological polar surface area (TPSA) is 61.2 Å². The number of hydrogen-bond acceptors (Lipinski definition) is 4. The second-order valence-corrected chi connectivity index (χ2v) is 4.19. The molecule has 100 valence electrons. The molecule has 0 N–H and O–H groups in total. The lowest BCUT2D eigenvalue weighted by Crippen LogP contribution is -2.13. The number of fused-ring (bicyclic) bond motifs is 1. The van der Waals surface area contributed by atoms with Gasteiger partial charge in [0.1, 0.15) is 0 Å². The lowest BCUT2D eigenvalue weighted by atomic mass is 10.3. The van der Waals surface area contributed by atoms with Crippen LogP contribution in [0.4, 0.5) is 0 Å². The van der Waals surface area contributed by atoms with E-state index in [0.29, 0.717) is 19.0 Å². The van der Waals surface area contributed by atoms with Gasteiger partial charge >= 0.3 is 5.97 Å². The number of ether oxygens (including phenoxy) is 1. The van der Waals surface area contributed by atoms with Crippen molar-refractivity contribution in [2.24, 2.45) is 0 Å². The summed E-state index contributed by atoms with van der Waals surface area (Å²) in [4.78, 5) is 27.3. The molecule has 1 heterocycles. The normalized spacial score (nSPS) is 10.6. The third-order valence-electron chi connectivity index (χ3n) is 2.81. The first-order valence-corrected chi connectivity index (χ1v) is 6.25. The Kier molecular flexibility index (Phi) is 3.94. The van der Waals surface area contributed by atoms with Crippen molar-refractivity contribution in [1.82, 2.24) is 9.55 Å². The number of esters is 1. The largest absolute Gasteiger partial charge is 0.466 e. The molecule has 5 nitrogen and oxygen atoms in total. The Morgan fingerprint density at radius 1 is 1.32 bits per heavy atom. The lowest BCUT2D eigenvalue weighted by Gasteiger charge is -2.07. The maximum Gasteiger partial charge on any atom is 0.307 e. The maximum absolute atomic E-state index is 11.6. The second-order valence-electron chi connectivity index (χ2n) is 4.19. The highest BCUT2D eigenvalue weighted by Gasteiger charge is 2.14. The zero-order valence-corrected chi connectivity index (χ0v) is 11.0. The van der Waals surface area contributed by atoms with Crippen molar-refractivity contribution >= 4 is 22.8 Å². The summed E-state index contributed by atoms with van der Waals surface area (Å²) in [5.41, 5.74) is 1.62. The van der Waals surface area contributed by atoms with E-state index in [9.17, 15) is 9.59 Å². The molecule has 0 aliphatic carbocycles. The Bertz CT molecular complexity index is 616. The number of rotatable bonds is 5. The van der Waals surface area contributed by atoms with E-state index >= 15 is 0 Å². The van der Waals surface area contributed by atoms with Crippen LogP contribution in [0.3, 0.4) is 0 Å². The molecule has 0 bridgehead atoms. The molecule has 0 spiro atoms. The van der Waals surface area contributed by atoms with E-state index in [1.165, 1.54) is 6.92 Å². The molecule has 1 aromatic heterocycles. The zero-order valence-electron chi connectivity index (χ0n) is 11.0. The average Bonchev–Trinajstić information content (AvgIpc) is 2.75. The predicted octanol–water partition coefficient (Wildman–Crippen LogP) is 2.19. The van der Waals surface area contributed by atoms with Gasteiger partial charge in [-0.2, -0.15) is 0 Å². The molecule has 1 aromatic carbocycles. The predicted molar refractivity (Wildman–Crippen MR) is 71.0 cm³/mol. The fourth-order valence-corrected chi connectivity index (χ4v) is 2.01. The quantitative estimate of drug-likeness (QED) is 0.610. The molecule has 19 heavy (non-hydrogen) atoms. The maximum atomic E-state index is 11.6. The Morgan fingerprint density at radius 2 is 2.05 bits per heavy atom. The molecular formula is C14H16N2O3. The van der Waals surface area contributed by atoms with E-state index in [1.807, 2.05) is 24.3 Å². The zero-order chi connectivity index (χ0) is 13.8. The first-order chi connectivity index (χ1) is 9.13. The van der Waals surface area contributed by atoms with Gasteiger partial charge in [0.25, 0.3) is 0 Å². The molecule has 0 atom stereocenters. The van der Waals surface area contributed by atoms with E-state index in [0.717, 1.165) is 11.0 Å². The third-order valence-corrected chi connectivity index (χ3v) is 2.81. The van der Waals surface area contributed by atoms with Crippen molar-refractivity contribution in [2.75, 3.05) is 6.61 Å². The molecule has 0 radical (unpaired) electrons. The molecule has 2 aromatic rings. The smallest absolute Gasteiger partial charge is 0.307 e. The van der Waals surface area contributed by atoms with E-state index < -0.39 is 0 Å². The Balaban J connectivity index is 2.31. The number of carbonyl (C=O) groups excluding carboxylic acids is 2. The van der Waals surface area contributed by atoms with Gasteiger partial charge in [0, 0.05) is 13.5 Å². The van der Waals surface area contributed by atoms with Crippen molar-refractivity contribution in [2.45, 2.75) is 26.8 Å². The Hall–Kier alpha value is -2.17. The van der Waals surface area contributed by atoms with Crippen LogP contribution in [0.5, 0.6) is 0 Å². The SMILES string of the molecule is CCOC(=O)CCn1c(C(C)=O)nc2ccccc21. The molecule has 0 saturated carbocycles. The number of aryl methyl sites for hydroxylation is 1. The van der Waals surface area contributed by atoms with Crippen molar-refractivity contribution in [3.05, 3.63) is 30.1 Å². The molecule has 2 rings (SSSR count). The summed E-state index contributed by atoms with van der Waals surface area (Å²) >= 11 is 0. The van der Waals surface area contributed by atoms with E-state index in [4.69, 9.17) is 4.74 Å². The minimum Gasteiger partial charge on any atom is -0.466 e. The summed E-state index contributed by atoms with van der Waals surface area (Å²) in [5, 5.41) is 0. The van der Waals surface area contributed by atoms with Gasteiger partial charge < -0.3 is 9.30 Å². The highest BCUT2D eigenvalue weighted by molar-refractivity contribution is 5.94. The summed E-state index contributed by atoms with van der Waals surface area (Å²) in [5.74, 6) is 0.000315. The number of para-hydroxylation sites is 2. The number of nitrogens with zero attached hydrogens (tertiary/aromatic N) is 2. The van der Waals surface area contributed by atoms with Crippen LogP contribution >= 0.6 is 0 Å². The monoisotopic (exact) mass is 260 g/mol. The van der Waals surface area contributed by atoms with Crippen LogP contribution in [-0.2, 0) is 16.1 Å². The Labute approximate surface area is 111 Å². The van der Waals surface area contributed by atoms with Crippen LogP contribution in [-0.4, -0.2) is 27.9 Å². The van der Waals surface area contributed by atoms with Gasteiger partial charge in [0.15, 0.2) is 11.6 Å². The van der Waals surface area contributed by atoms with Gasteiger partial charge in [-0.1, -0.05) is 12.1 Å². The summed E-state index contributed by atoms with van der Waals surface area (Å²) in [7, 11) is 0. The van der Waals surface area contributed by atoms with Crippen molar-refractivity contribution < 1.29 is 14.3 Å². The highest BCUT2D eigenvalue weighted by Crippen LogP contribution is 2.17. The number of carbonyl (C=O) groups is 2. The van der Waals surface area contributed by atoms with Crippen molar-refractivity contribution in [3.8, 4) is 0 Å². The minimum absolute atomic E-state index is 0.111. The second kappa shape index (κ2) is 5.65. The lowest BCUT2D eigenvalue weighted by molar-refractivity contribution is -0.143. The summed E-state index contributed by atoms with van der Waals surface area (Å²) in [6, 6.07) is 7.49. The van der Waals surface area contributed by atoms with Crippen LogP contribution in [0.1, 0.15) is 30.9 Å². The van der Waals surface area contributed by atoms with Gasteiger partial charge in [-0.05, 0) is 19.1 Å². The fourth-order valence-electron chi connectivity index (χ4n) is 2.01. The summed E-state index contributed by atoms with van der Waals surface area (Å²) in [6.07, 6.45) is 0.231. The molecular weight excluding hydrogens is 244 g/mol. The van der Waals surface area contributed by atoms with Gasteiger partial charge in [0.2, 0.25) is 0 Å². The number of benzene rings is 1. The van der Waals surface area contributed by atoms with E-state index in [-0.39, 0.29) is 18.2 Å². The number of aromatic nitrogens is 2. The molecule has 0 amide bonds. The van der Waals surface area contributed by atoms with E-state index in [2.05, 4.69) is 4.98 Å². The number of imidazole rings is 1. The fraction of sp³-hybridized carbons (Fsp3) is 0.357. The van der Waals surface area contributed by atoms with Crippen molar-refractivity contribution in [1.29, 1.82) is 0 Å². The Morgan fingerprint density at radius 3 is 2.74 bits per heavy atom. The van der Waals surface area contributed by atoms with Crippen LogP contribution in [0.15, 0.2) is 24.3 Å². The average molecular weight is 260 g/mol. The van der Waals surface area contributed by atoms with Gasteiger partial charge in [-0.25, -0.2) is 4.98 Å². The van der Waals surface area contributed by atoms with Crippen LogP contribution in [0, 0.1) is 0 Å². The summed E-state index contributed by atoms with van der Waals surface area (Å²) in [6.45, 7) is 4.00. The van der Waals surface area contributed by atoms with Crippen LogP contribution < -0.4 is 0 Å². The van der Waals surface area contributed by atoms with Gasteiger partial charge in [-0.3, -0.25) is 9.59 Å². The molecule has 5 heteroatoms. The van der Waals surface area contributed by atoms with Crippen LogP contribution in [0.25, 0.3) is 11.0 Å². The van der Waals surface area contributed by atoms with Gasteiger partial charge in [0.05, 0.1) is 24.1 Å². The first kappa shape index (κ1) is 13.3. The van der Waals surface area contributed by atoms with Gasteiger partial charge in [-0.15, -0.1) is 0 Å². The molecule has 0 unspecified atom stereocenters. The highest BCUT2D eigenvalue weighted by atomic mass is 16.5. The molecule has 0 aliphatic rings. The number of ketones is 1. The number of Topliss-reactive ketones (excluding diaryl/α,β-unsaturated/α-hetero) is 1.